The van der Waals surface area contributed by atoms with E-state index in [1.165, 1.54) is 12.1 Å². The fraction of sp³-hybridized carbons (Fsp3) is 0.160. The molecule has 156 valence electrons. The van der Waals surface area contributed by atoms with Gasteiger partial charge in [0.05, 0.1) is 5.56 Å². The van der Waals surface area contributed by atoms with Gasteiger partial charge in [-0.2, -0.15) is 5.10 Å². The molecule has 4 aromatic rings. The Morgan fingerprint density at radius 1 is 0.968 bits per heavy atom. The van der Waals surface area contributed by atoms with Crippen molar-refractivity contribution in [3.05, 3.63) is 90.5 Å². The third kappa shape index (κ3) is 4.38. The van der Waals surface area contributed by atoms with E-state index in [4.69, 9.17) is 5.10 Å². The molecule has 0 bridgehead atoms. The molecule has 0 aliphatic heterocycles. The van der Waals surface area contributed by atoms with Crippen LogP contribution < -0.4 is 4.90 Å². The van der Waals surface area contributed by atoms with Crippen molar-refractivity contribution in [1.29, 1.82) is 0 Å². The highest BCUT2D eigenvalue weighted by Gasteiger charge is 2.25. The Labute approximate surface area is 180 Å². The molecule has 2 heterocycles. The number of pyridine rings is 1. The average Bonchev–Trinajstić information content (AvgIpc) is 3.12. The normalized spacial score (nSPS) is 10.8. The first-order valence-corrected chi connectivity index (χ1v) is 10.1. The first-order valence-electron chi connectivity index (χ1n) is 10.1. The maximum absolute atomic E-state index is 13.5. The summed E-state index contributed by atoms with van der Waals surface area (Å²) in [6.07, 6.45) is 4.14. The topological polar surface area (TPSA) is 51.0 Å². The lowest BCUT2D eigenvalue weighted by Crippen LogP contribution is -2.32. The molecule has 0 spiro atoms. The summed E-state index contributed by atoms with van der Waals surface area (Å²) >= 11 is 0. The molecule has 0 atom stereocenters. The predicted octanol–water partition coefficient (Wildman–Crippen LogP) is 4.88. The van der Waals surface area contributed by atoms with Crippen molar-refractivity contribution in [3.8, 4) is 22.4 Å². The molecule has 0 N–H and O–H groups in total. The average molecular weight is 414 g/mol. The second kappa shape index (κ2) is 8.92. The summed E-state index contributed by atoms with van der Waals surface area (Å²) in [5.74, 6) is 0.326. The first kappa shape index (κ1) is 20.5. The standard InChI is InChI=1S/C25H23FN4O/c1-18(31)30(17-14-19-6-4-3-5-7-19)25-23(20-12-15-27-16-13-20)24(28-29(25)2)21-8-10-22(26)11-9-21/h3-13,15-16H,14,17H2,1-2H3. The number of amides is 1. The zero-order chi connectivity index (χ0) is 21.8. The third-order valence-corrected chi connectivity index (χ3v) is 5.21. The lowest BCUT2D eigenvalue weighted by Gasteiger charge is -2.23. The SMILES string of the molecule is CC(=O)N(CCc1ccccc1)c1c(-c2ccncc2)c(-c2ccc(F)cc2)nn1C. The Hall–Kier alpha value is -3.80. The summed E-state index contributed by atoms with van der Waals surface area (Å²) in [6, 6.07) is 20.1. The number of benzene rings is 2. The number of aromatic nitrogens is 3. The molecule has 0 saturated heterocycles. The molecule has 0 fully saturated rings. The lowest BCUT2D eigenvalue weighted by atomic mass is 10.0. The Morgan fingerprint density at radius 3 is 2.29 bits per heavy atom. The summed E-state index contributed by atoms with van der Waals surface area (Å²) in [7, 11) is 1.82. The van der Waals surface area contributed by atoms with Gasteiger partial charge in [-0.3, -0.25) is 19.4 Å². The minimum Gasteiger partial charge on any atom is -0.296 e. The highest BCUT2D eigenvalue weighted by atomic mass is 19.1. The van der Waals surface area contributed by atoms with Crippen molar-refractivity contribution in [3.63, 3.8) is 0 Å². The fourth-order valence-corrected chi connectivity index (χ4v) is 3.72. The number of hydrogen-bond donors (Lipinski definition) is 0. The van der Waals surface area contributed by atoms with E-state index in [-0.39, 0.29) is 11.7 Å². The van der Waals surface area contributed by atoms with Crippen molar-refractivity contribution in [1.82, 2.24) is 14.8 Å². The molecule has 0 unspecified atom stereocenters. The van der Waals surface area contributed by atoms with Gasteiger partial charge in [-0.15, -0.1) is 0 Å². The van der Waals surface area contributed by atoms with Gasteiger partial charge in [-0.1, -0.05) is 30.3 Å². The second-order valence-electron chi connectivity index (χ2n) is 7.32. The smallest absolute Gasteiger partial charge is 0.225 e. The Balaban J connectivity index is 1.83. The molecular weight excluding hydrogens is 391 g/mol. The van der Waals surface area contributed by atoms with Crippen molar-refractivity contribution in [2.75, 3.05) is 11.4 Å². The summed E-state index contributed by atoms with van der Waals surface area (Å²) < 4.78 is 15.2. The zero-order valence-electron chi connectivity index (χ0n) is 17.5. The van der Waals surface area contributed by atoms with Gasteiger partial charge in [0.1, 0.15) is 17.3 Å². The molecule has 6 heteroatoms. The minimum atomic E-state index is -0.307. The van der Waals surface area contributed by atoms with E-state index in [1.54, 1.807) is 41.0 Å². The van der Waals surface area contributed by atoms with Gasteiger partial charge in [-0.25, -0.2) is 4.39 Å². The molecule has 0 saturated carbocycles. The second-order valence-corrected chi connectivity index (χ2v) is 7.32. The number of carbonyl (C=O) groups is 1. The van der Waals surface area contributed by atoms with Crippen molar-refractivity contribution >= 4 is 11.7 Å². The predicted molar refractivity (Wildman–Crippen MR) is 120 cm³/mol. The van der Waals surface area contributed by atoms with Gasteiger partial charge in [0, 0.05) is 38.5 Å². The zero-order valence-corrected chi connectivity index (χ0v) is 17.5. The minimum absolute atomic E-state index is 0.0695. The van der Waals surface area contributed by atoms with E-state index in [0.29, 0.717) is 24.5 Å². The summed E-state index contributed by atoms with van der Waals surface area (Å²) in [4.78, 5) is 18.6. The van der Waals surface area contributed by atoms with Crippen LogP contribution in [-0.4, -0.2) is 27.2 Å². The van der Waals surface area contributed by atoms with E-state index in [1.807, 2.05) is 37.4 Å². The van der Waals surface area contributed by atoms with Gasteiger partial charge in [0.25, 0.3) is 0 Å². The van der Waals surface area contributed by atoms with E-state index in [0.717, 1.165) is 22.3 Å². The molecule has 5 nitrogen and oxygen atoms in total. The number of halogens is 1. The number of carbonyl (C=O) groups excluding carboxylic acids is 1. The van der Waals surface area contributed by atoms with Crippen LogP contribution in [0.25, 0.3) is 22.4 Å². The molecular formula is C25H23FN4O. The van der Waals surface area contributed by atoms with Crippen LogP contribution in [0.2, 0.25) is 0 Å². The largest absolute Gasteiger partial charge is 0.296 e. The fourth-order valence-electron chi connectivity index (χ4n) is 3.72. The van der Waals surface area contributed by atoms with Crippen LogP contribution >= 0.6 is 0 Å². The Kier molecular flexibility index (Phi) is 5.89. The molecule has 0 aliphatic carbocycles. The molecule has 0 radical (unpaired) electrons. The number of hydrogen-bond acceptors (Lipinski definition) is 3. The van der Waals surface area contributed by atoms with Crippen LogP contribution in [0.3, 0.4) is 0 Å². The van der Waals surface area contributed by atoms with Crippen LogP contribution in [0.1, 0.15) is 12.5 Å². The number of nitrogens with zero attached hydrogens (tertiary/aromatic N) is 4. The number of aryl methyl sites for hydroxylation is 1. The number of anilines is 1. The third-order valence-electron chi connectivity index (χ3n) is 5.21. The van der Waals surface area contributed by atoms with Gasteiger partial charge in [0.2, 0.25) is 5.91 Å². The molecule has 31 heavy (non-hydrogen) atoms. The highest BCUT2D eigenvalue weighted by Crippen LogP contribution is 2.39. The van der Waals surface area contributed by atoms with E-state index in [9.17, 15) is 9.18 Å². The van der Waals surface area contributed by atoms with Gasteiger partial charge < -0.3 is 0 Å². The van der Waals surface area contributed by atoms with Crippen LogP contribution in [0.5, 0.6) is 0 Å². The first-order chi connectivity index (χ1) is 15.0. The van der Waals surface area contributed by atoms with Crippen LogP contribution in [0.15, 0.2) is 79.1 Å². The summed E-state index contributed by atoms with van der Waals surface area (Å²) in [6.45, 7) is 2.08. The van der Waals surface area contributed by atoms with Gasteiger partial charge in [0.15, 0.2) is 0 Å². The molecule has 2 aromatic carbocycles. The Bertz CT molecular complexity index is 1170. The Morgan fingerprint density at radius 2 is 1.65 bits per heavy atom. The van der Waals surface area contributed by atoms with E-state index in [2.05, 4.69) is 17.1 Å². The maximum atomic E-state index is 13.5. The van der Waals surface area contributed by atoms with E-state index < -0.39 is 0 Å². The van der Waals surface area contributed by atoms with Gasteiger partial charge in [-0.05, 0) is 53.9 Å². The lowest BCUT2D eigenvalue weighted by molar-refractivity contribution is -0.116. The molecule has 2 aromatic heterocycles. The number of rotatable bonds is 6. The van der Waals surface area contributed by atoms with E-state index >= 15 is 0 Å². The monoisotopic (exact) mass is 414 g/mol. The highest BCUT2D eigenvalue weighted by molar-refractivity contribution is 5.99. The van der Waals surface area contributed by atoms with Crippen molar-refractivity contribution in [2.24, 2.45) is 7.05 Å². The van der Waals surface area contributed by atoms with Crippen LogP contribution in [0.4, 0.5) is 10.2 Å². The molecule has 0 aliphatic rings. The van der Waals surface area contributed by atoms with Crippen LogP contribution in [0, 0.1) is 5.82 Å². The summed E-state index contributed by atoms with van der Waals surface area (Å²) in [5, 5.41) is 4.73. The quantitative estimate of drug-likeness (QED) is 0.452. The maximum Gasteiger partial charge on any atom is 0.225 e. The molecule has 4 rings (SSSR count). The van der Waals surface area contributed by atoms with Crippen molar-refractivity contribution in [2.45, 2.75) is 13.3 Å². The van der Waals surface area contributed by atoms with Crippen LogP contribution in [-0.2, 0) is 18.3 Å². The summed E-state index contributed by atoms with van der Waals surface area (Å²) in [5.41, 5.74) is 4.33. The van der Waals surface area contributed by atoms with Crippen molar-refractivity contribution < 1.29 is 9.18 Å². The molecule has 1 amide bonds. The van der Waals surface area contributed by atoms with Gasteiger partial charge >= 0.3 is 0 Å².